The Labute approximate surface area is 276 Å². The van der Waals surface area contributed by atoms with Gasteiger partial charge in [-0.15, -0.1) is 0 Å². The van der Waals surface area contributed by atoms with E-state index in [1.807, 2.05) is 90.0 Å². The average molecular weight is 649 g/mol. The van der Waals surface area contributed by atoms with Crippen LogP contribution in [-0.4, -0.2) is 39.2 Å². The molecule has 238 valence electrons. The van der Waals surface area contributed by atoms with E-state index < -0.39 is 4.92 Å². The van der Waals surface area contributed by atoms with Gasteiger partial charge in [-0.3, -0.25) is 19.9 Å². The second-order valence-corrected chi connectivity index (χ2v) is 11.4. The minimum atomic E-state index is -0.403. The molecule has 0 saturated carbocycles. The van der Waals surface area contributed by atoms with Gasteiger partial charge in [-0.1, -0.05) is 24.3 Å². The van der Waals surface area contributed by atoms with Gasteiger partial charge in [0.15, 0.2) is 11.7 Å². The summed E-state index contributed by atoms with van der Waals surface area (Å²) in [6, 6.07) is 28.5. The predicted octanol–water partition coefficient (Wildman–Crippen LogP) is 6.60. The molecule has 1 fully saturated rings. The number of nitro benzene ring substituents is 1. The number of methoxy groups -OCH3 is 1. The standard InChI is InChI=1S/C35H32N6O5S/c1-22-19-28(23(2)39(22)30-17-16-27(45-3)20-31(30)41(43)44)34-33(29-11-7-8-18-36-29)38-35(47)40(34)25-14-12-24(13-15-25)37-32(42)21-46-26-9-5-4-6-10-26/h4-20,33-34H,21H2,1-3H3,(H,37,42)(H,38,47)/t33-,34+/m0/s1. The molecule has 0 aliphatic carbocycles. The summed E-state index contributed by atoms with van der Waals surface area (Å²) in [5.74, 6) is 0.730. The van der Waals surface area contributed by atoms with Crippen molar-refractivity contribution >= 4 is 40.3 Å². The number of aryl methyl sites for hydroxylation is 1. The molecule has 11 nitrogen and oxygen atoms in total. The molecule has 2 aromatic heterocycles. The van der Waals surface area contributed by atoms with E-state index in [4.69, 9.17) is 21.7 Å². The molecule has 6 rings (SSSR count). The van der Waals surface area contributed by atoms with Crippen molar-refractivity contribution in [1.29, 1.82) is 0 Å². The van der Waals surface area contributed by atoms with E-state index in [9.17, 15) is 14.9 Å². The van der Waals surface area contributed by atoms with Crippen molar-refractivity contribution in [2.75, 3.05) is 23.9 Å². The Hall–Kier alpha value is -5.75. The third kappa shape index (κ3) is 6.36. The molecule has 0 radical (unpaired) electrons. The average Bonchev–Trinajstić information content (AvgIpc) is 3.58. The summed E-state index contributed by atoms with van der Waals surface area (Å²) >= 11 is 5.91. The molecule has 5 aromatic rings. The lowest BCUT2D eigenvalue weighted by Crippen LogP contribution is -2.29. The van der Waals surface area contributed by atoms with Gasteiger partial charge in [0.25, 0.3) is 11.6 Å². The highest BCUT2D eigenvalue weighted by atomic mass is 32.1. The zero-order chi connectivity index (χ0) is 33.1. The molecule has 0 bridgehead atoms. The van der Waals surface area contributed by atoms with Crippen molar-refractivity contribution in [3.8, 4) is 17.2 Å². The maximum Gasteiger partial charge on any atom is 0.296 e. The summed E-state index contributed by atoms with van der Waals surface area (Å²) < 4.78 is 12.7. The van der Waals surface area contributed by atoms with E-state index in [-0.39, 0.29) is 30.3 Å². The molecular formula is C35H32N6O5S. The molecule has 12 heteroatoms. The molecule has 0 unspecified atom stereocenters. The molecule has 3 aromatic carbocycles. The lowest BCUT2D eigenvalue weighted by atomic mass is 9.96. The molecular weight excluding hydrogens is 616 g/mol. The maximum atomic E-state index is 12.6. The van der Waals surface area contributed by atoms with Gasteiger partial charge < -0.3 is 29.6 Å². The molecule has 47 heavy (non-hydrogen) atoms. The maximum absolute atomic E-state index is 12.6. The summed E-state index contributed by atoms with van der Waals surface area (Å²) in [6.07, 6.45) is 1.74. The van der Waals surface area contributed by atoms with E-state index in [1.54, 1.807) is 30.5 Å². The molecule has 2 atom stereocenters. The minimum Gasteiger partial charge on any atom is -0.496 e. The summed E-state index contributed by atoms with van der Waals surface area (Å²) in [4.78, 5) is 31.0. The van der Waals surface area contributed by atoms with Gasteiger partial charge in [0.05, 0.1) is 35.9 Å². The van der Waals surface area contributed by atoms with Crippen molar-refractivity contribution in [1.82, 2.24) is 14.9 Å². The monoisotopic (exact) mass is 648 g/mol. The van der Waals surface area contributed by atoms with E-state index >= 15 is 0 Å². The van der Waals surface area contributed by atoms with Crippen molar-refractivity contribution in [2.24, 2.45) is 0 Å². The Morgan fingerprint density at radius 1 is 1.00 bits per heavy atom. The first-order chi connectivity index (χ1) is 22.7. The number of rotatable bonds is 10. The number of thiocarbonyl (C=S) groups is 1. The first kappa shape index (κ1) is 31.2. The number of benzene rings is 3. The topological polar surface area (TPSA) is 124 Å². The fourth-order valence-corrected chi connectivity index (χ4v) is 6.29. The largest absolute Gasteiger partial charge is 0.496 e. The zero-order valence-electron chi connectivity index (χ0n) is 25.9. The van der Waals surface area contributed by atoms with Crippen LogP contribution >= 0.6 is 12.2 Å². The summed E-state index contributed by atoms with van der Waals surface area (Å²) in [6.45, 7) is 3.74. The van der Waals surface area contributed by atoms with Crippen LogP contribution in [0.5, 0.6) is 11.5 Å². The number of hydrogen-bond donors (Lipinski definition) is 2. The number of nitrogens with one attached hydrogen (secondary N) is 2. The molecule has 0 spiro atoms. The second kappa shape index (κ2) is 13.3. The van der Waals surface area contributed by atoms with E-state index in [0.717, 1.165) is 28.3 Å². The molecule has 1 aliphatic rings. The number of ether oxygens (including phenoxy) is 2. The Morgan fingerprint density at radius 2 is 1.74 bits per heavy atom. The third-order valence-electron chi connectivity index (χ3n) is 8.05. The van der Waals surface area contributed by atoms with Crippen LogP contribution in [0.3, 0.4) is 0 Å². The smallest absolute Gasteiger partial charge is 0.296 e. The number of hydrogen-bond acceptors (Lipinski definition) is 7. The fraction of sp³-hybridized carbons (Fsp3) is 0.171. The van der Waals surface area contributed by atoms with Gasteiger partial charge >= 0.3 is 0 Å². The van der Waals surface area contributed by atoms with Crippen molar-refractivity contribution in [3.05, 3.63) is 136 Å². The SMILES string of the molecule is COc1ccc(-n2c(C)cc([C@@H]3[C@H](c4ccccn4)NC(=S)N3c3ccc(NC(=O)COc4ccccc4)cc3)c2C)c([N+](=O)[O-])c1. The summed E-state index contributed by atoms with van der Waals surface area (Å²) in [5, 5.41) is 19.0. The number of nitrogens with zero attached hydrogens (tertiary/aromatic N) is 4. The molecule has 1 amide bonds. The Bertz CT molecular complexity index is 1930. The van der Waals surface area contributed by atoms with Gasteiger partial charge in [0.1, 0.15) is 17.2 Å². The van der Waals surface area contributed by atoms with Gasteiger partial charge in [-0.25, -0.2) is 0 Å². The highest BCUT2D eigenvalue weighted by Gasteiger charge is 2.42. The lowest BCUT2D eigenvalue weighted by Gasteiger charge is -2.28. The van der Waals surface area contributed by atoms with Crippen LogP contribution in [0, 0.1) is 24.0 Å². The first-order valence-electron chi connectivity index (χ1n) is 14.8. The molecule has 3 heterocycles. The van der Waals surface area contributed by atoms with Crippen LogP contribution in [-0.2, 0) is 4.79 Å². The highest BCUT2D eigenvalue weighted by molar-refractivity contribution is 7.80. The van der Waals surface area contributed by atoms with Gasteiger partial charge in [-0.05, 0) is 98.4 Å². The van der Waals surface area contributed by atoms with Crippen LogP contribution in [0.4, 0.5) is 17.1 Å². The zero-order valence-corrected chi connectivity index (χ0v) is 26.7. The number of carbonyl (C=O) groups is 1. The van der Waals surface area contributed by atoms with Gasteiger partial charge in [0.2, 0.25) is 0 Å². The number of anilines is 2. The lowest BCUT2D eigenvalue weighted by molar-refractivity contribution is -0.384. The van der Waals surface area contributed by atoms with E-state index in [0.29, 0.717) is 28.0 Å². The Balaban J connectivity index is 1.34. The second-order valence-electron chi connectivity index (χ2n) is 11.0. The third-order valence-corrected chi connectivity index (χ3v) is 8.36. The number of carbonyl (C=O) groups excluding carboxylic acids is 1. The highest BCUT2D eigenvalue weighted by Crippen LogP contribution is 2.44. The van der Waals surface area contributed by atoms with E-state index in [1.165, 1.54) is 13.2 Å². The number of aromatic nitrogens is 2. The number of pyridine rings is 1. The molecule has 1 saturated heterocycles. The Morgan fingerprint density at radius 3 is 2.43 bits per heavy atom. The molecule has 1 aliphatic heterocycles. The van der Waals surface area contributed by atoms with Gasteiger partial charge in [-0.2, -0.15) is 0 Å². The molecule has 2 N–H and O–H groups in total. The van der Waals surface area contributed by atoms with E-state index in [2.05, 4.69) is 15.6 Å². The van der Waals surface area contributed by atoms with Gasteiger partial charge in [0, 0.05) is 29.0 Å². The predicted molar refractivity (Wildman–Crippen MR) is 183 cm³/mol. The fourth-order valence-electron chi connectivity index (χ4n) is 5.94. The summed E-state index contributed by atoms with van der Waals surface area (Å²) in [5.41, 5.74) is 5.13. The number of nitro groups is 1. The Kier molecular flexibility index (Phi) is 8.85. The normalized spacial score (nSPS) is 15.6. The van der Waals surface area contributed by atoms with Crippen LogP contribution in [0.25, 0.3) is 5.69 Å². The van der Waals surface area contributed by atoms with Crippen molar-refractivity contribution in [3.63, 3.8) is 0 Å². The summed E-state index contributed by atoms with van der Waals surface area (Å²) in [7, 11) is 1.48. The number of amides is 1. The van der Waals surface area contributed by atoms with Crippen molar-refractivity contribution in [2.45, 2.75) is 25.9 Å². The van der Waals surface area contributed by atoms with Crippen LogP contribution in [0.2, 0.25) is 0 Å². The first-order valence-corrected chi connectivity index (χ1v) is 15.3. The van der Waals surface area contributed by atoms with Crippen LogP contribution in [0.1, 0.15) is 34.7 Å². The quantitative estimate of drug-likeness (QED) is 0.0979. The minimum absolute atomic E-state index is 0.0669. The van der Waals surface area contributed by atoms with Crippen LogP contribution in [0.15, 0.2) is 103 Å². The number of para-hydroxylation sites is 1. The van der Waals surface area contributed by atoms with Crippen molar-refractivity contribution < 1.29 is 19.2 Å². The van der Waals surface area contributed by atoms with Crippen LogP contribution < -0.4 is 25.0 Å².